The third kappa shape index (κ3) is 4.48. The standard InChI is InChI=1S/C15H18N2OS/c1-12(13-7-9-16-10-8-13)17-15(18)6-2-4-14-5-3-11-19-14/h3,5,7-12H,2,4,6H2,1H3,(H,17,18). The van der Waals surface area contributed by atoms with Crippen LogP contribution in [-0.2, 0) is 11.2 Å². The molecule has 0 bridgehead atoms. The van der Waals surface area contributed by atoms with Crippen molar-refractivity contribution in [2.75, 3.05) is 0 Å². The fraction of sp³-hybridized carbons (Fsp3) is 0.333. The van der Waals surface area contributed by atoms with Crippen LogP contribution < -0.4 is 5.32 Å². The molecule has 19 heavy (non-hydrogen) atoms. The summed E-state index contributed by atoms with van der Waals surface area (Å²) in [4.78, 5) is 17.1. The summed E-state index contributed by atoms with van der Waals surface area (Å²) in [5, 5.41) is 5.08. The Balaban J connectivity index is 1.72. The van der Waals surface area contributed by atoms with E-state index in [1.54, 1.807) is 23.7 Å². The third-order valence-corrected chi connectivity index (χ3v) is 3.93. The van der Waals surface area contributed by atoms with E-state index in [1.165, 1.54) is 4.88 Å². The van der Waals surface area contributed by atoms with Crippen molar-refractivity contribution < 1.29 is 4.79 Å². The maximum Gasteiger partial charge on any atom is 0.220 e. The van der Waals surface area contributed by atoms with Gasteiger partial charge in [-0.3, -0.25) is 9.78 Å². The lowest BCUT2D eigenvalue weighted by atomic mass is 10.1. The van der Waals surface area contributed by atoms with Crippen molar-refractivity contribution in [2.24, 2.45) is 0 Å². The molecule has 0 aliphatic carbocycles. The number of thiophene rings is 1. The van der Waals surface area contributed by atoms with Gasteiger partial charge >= 0.3 is 0 Å². The number of nitrogens with one attached hydrogen (secondary N) is 1. The summed E-state index contributed by atoms with van der Waals surface area (Å²) < 4.78 is 0. The highest BCUT2D eigenvalue weighted by Gasteiger charge is 2.09. The van der Waals surface area contributed by atoms with Crippen molar-refractivity contribution in [3.05, 3.63) is 52.5 Å². The van der Waals surface area contributed by atoms with Crippen LogP contribution in [0.4, 0.5) is 0 Å². The average Bonchev–Trinajstić information content (AvgIpc) is 2.93. The highest BCUT2D eigenvalue weighted by Crippen LogP contribution is 2.13. The number of hydrogen-bond donors (Lipinski definition) is 1. The molecule has 1 unspecified atom stereocenters. The van der Waals surface area contributed by atoms with Crippen LogP contribution in [0.5, 0.6) is 0 Å². The topological polar surface area (TPSA) is 42.0 Å². The second-order valence-electron chi connectivity index (χ2n) is 4.50. The van der Waals surface area contributed by atoms with Gasteiger partial charge in [-0.25, -0.2) is 0 Å². The van der Waals surface area contributed by atoms with Gasteiger partial charge in [0.25, 0.3) is 0 Å². The highest BCUT2D eigenvalue weighted by atomic mass is 32.1. The van der Waals surface area contributed by atoms with Crippen LogP contribution in [0.15, 0.2) is 42.0 Å². The summed E-state index contributed by atoms with van der Waals surface area (Å²) in [5.74, 6) is 0.112. The van der Waals surface area contributed by atoms with E-state index in [0.29, 0.717) is 6.42 Å². The van der Waals surface area contributed by atoms with Gasteiger partial charge in [-0.1, -0.05) is 6.07 Å². The molecule has 2 rings (SSSR count). The zero-order valence-electron chi connectivity index (χ0n) is 11.0. The molecule has 2 aromatic rings. The Hall–Kier alpha value is -1.68. The molecule has 2 aromatic heterocycles. The van der Waals surface area contributed by atoms with Gasteiger partial charge < -0.3 is 5.32 Å². The molecule has 2 heterocycles. The van der Waals surface area contributed by atoms with Crippen LogP contribution in [0.3, 0.4) is 0 Å². The van der Waals surface area contributed by atoms with E-state index in [0.717, 1.165) is 18.4 Å². The lowest BCUT2D eigenvalue weighted by Crippen LogP contribution is -2.26. The molecule has 0 saturated heterocycles. The molecule has 1 atom stereocenters. The first-order chi connectivity index (χ1) is 9.25. The van der Waals surface area contributed by atoms with Crippen molar-refractivity contribution in [3.8, 4) is 0 Å². The molecule has 0 aliphatic rings. The van der Waals surface area contributed by atoms with Crippen molar-refractivity contribution >= 4 is 17.2 Å². The van der Waals surface area contributed by atoms with Crippen LogP contribution in [-0.4, -0.2) is 10.9 Å². The lowest BCUT2D eigenvalue weighted by molar-refractivity contribution is -0.121. The van der Waals surface area contributed by atoms with E-state index >= 15 is 0 Å². The molecule has 0 radical (unpaired) electrons. The quantitative estimate of drug-likeness (QED) is 0.877. The Kier molecular flexibility index (Phi) is 5.10. The van der Waals surface area contributed by atoms with Gasteiger partial charge in [0, 0.05) is 23.7 Å². The van der Waals surface area contributed by atoms with Gasteiger partial charge in [-0.05, 0) is 48.9 Å². The fourth-order valence-electron chi connectivity index (χ4n) is 1.93. The molecule has 4 heteroatoms. The molecule has 0 saturated carbocycles. The van der Waals surface area contributed by atoms with Crippen LogP contribution in [0.1, 0.15) is 36.2 Å². The molecule has 0 aromatic carbocycles. The number of carbonyl (C=O) groups is 1. The first-order valence-corrected chi connectivity index (χ1v) is 7.35. The predicted molar refractivity (Wildman–Crippen MR) is 78.1 cm³/mol. The Bertz CT molecular complexity index is 496. The number of rotatable bonds is 6. The van der Waals surface area contributed by atoms with E-state index in [-0.39, 0.29) is 11.9 Å². The maximum atomic E-state index is 11.8. The first kappa shape index (κ1) is 13.7. The summed E-state index contributed by atoms with van der Waals surface area (Å²) in [5.41, 5.74) is 1.08. The minimum absolute atomic E-state index is 0.0391. The molecule has 100 valence electrons. The van der Waals surface area contributed by atoms with Crippen molar-refractivity contribution in [1.82, 2.24) is 10.3 Å². The monoisotopic (exact) mass is 274 g/mol. The number of hydrogen-bond acceptors (Lipinski definition) is 3. The van der Waals surface area contributed by atoms with Crippen LogP contribution in [0, 0.1) is 0 Å². The molecule has 0 fully saturated rings. The summed E-state index contributed by atoms with van der Waals surface area (Å²) in [6.07, 6.45) is 5.95. The molecular weight excluding hydrogens is 256 g/mol. The van der Waals surface area contributed by atoms with E-state index in [1.807, 2.05) is 25.1 Å². The van der Waals surface area contributed by atoms with Crippen LogP contribution >= 0.6 is 11.3 Å². The second-order valence-corrected chi connectivity index (χ2v) is 5.53. The van der Waals surface area contributed by atoms with Gasteiger partial charge in [-0.15, -0.1) is 11.3 Å². The number of carbonyl (C=O) groups excluding carboxylic acids is 1. The van der Waals surface area contributed by atoms with Gasteiger partial charge in [0.05, 0.1) is 6.04 Å². The Labute approximate surface area is 117 Å². The molecule has 1 amide bonds. The highest BCUT2D eigenvalue weighted by molar-refractivity contribution is 7.09. The maximum absolute atomic E-state index is 11.8. The fourth-order valence-corrected chi connectivity index (χ4v) is 2.68. The number of amides is 1. The van der Waals surface area contributed by atoms with Crippen molar-refractivity contribution in [1.29, 1.82) is 0 Å². The Morgan fingerprint density at radius 3 is 2.84 bits per heavy atom. The zero-order chi connectivity index (χ0) is 13.5. The smallest absolute Gasteiger partial charge is 0.220 e. The summed E-state index contributed by atoms with van der Waals surface area (Å²) >= 11 is 1.75. The summed E-state index contributed by atoms with van der Waals surface area (Å²) in [7, 11) is 0. The summed E-state index contributed by atoms with van der Waals surface area (Å²) in [6.45, 7) is 1.99. The van der Waals surface area contributed by atoms with Crippen molar-refractivity contribution in [3.63, 3.8) is 0 Å². The summed E-state index contributed by atoms with van der Waals surface area (Å²) in [6, 6.07) is 8.05. The number of nitrogens with zero attached hydrogens (tertiary/aromatic N) is 1. The molecule has 0 aliphatic heterocycles. The molecule has 1 N–H and O–H groups in total. The van der Waals surface area contributed by atoms with E-state index < -0.39 is 0 Å². The van der Waals surface area contributed by atoms with Gasteiger partial charge in [-0.2, -0.15) is 0 Å². The minimum Gasteiger partial charge on any atom is -0.350 e. The Morgan fingerprint density at radius 2 is 2.16 bits per heavy atom. The van der Waals surface area contributed by atoms with Crippen LogP contribution in [0.2, 0.25) is 0 Å². The predicted octanol–water partition coefficient (Wildman–Crippen LogP) is 3.34. The van der Waals surface area contributed by atoms with Crippen LogP contribution in [0.25, 0.3) is 0 Å². The zero-order valence-corrected chi connectivity index (χ0v) is 11.8. The van der Waals surface area contributed by atoms with Gasteiger partial charge in [0.1, 0.15) is 0 Å². The normalized spacial score (nSPS) is 12.1. The average molecular weight is 274 g/mol. The van der Waals surface area contributed by atoms with Gasteiger partial charge in [0.15, 0.2) is 0 Å². The lowest BCUT2D eigenvalue weighted by Gasteiger charge is -2.13. The third-order valence-electron chi connectivity index (χ3n) is 2.99. The van der Waals surface area contributed by atoms with Gasteiger partial charge in [0.2, 0.25) is 5.91 Å². The number of aryl methyl sites for hydroxylation is 1. The van der Waals surface area contributed by atoms with Crippen molar-refractivity contribution in [2.45, 2.75) is 32.2 Å². The van der Waals surface area contributed by atoms with E-state index in [4.69, 9.17) is 0 Å². The SMILES string of the molecule is CC(NC(=O)CCCc1cccs1)c1ccncc1. The molecular formula is C15H18N2OS. The van der Waals surface area contributed by atoms with E-state index in [9.17, 15) is 4.79 Å². The Morgan fingerprint density at radius 1 is 1.37 bits per heavy atom. The molecule has 3 nitrogen and oxygen atoms in total. The molecule has 0 spiro atoms. The largest absolute Gasteiger partial charge is 0.350 e. The second kappa shape index (κ2) is 7.04. The first-order valence-electron chi connectivity index (χ1n) is 6.47. The number of aromatic nitrogens is 1. The number of pyridine rings is 1. The minimum atomic E-state index is 0.0391. The van der Waals surface area contributed by atoms with E-state index in [2.05, 4.69) is 21.7 Å².